The van der Waals surface area contributed by atoms with Gasteiger partial charge in [-0.1, -0.05) is 0 Å². The first-order chi connectivity index (χ1) is 13.0. The van der Waals surface area contributed by atoms with Crippen molar-refractivity contribution in [2.45, 2.75) is 42.7 Å². The third-order valence-electron chi connectivity index (χ3n) is 5.63. The Hall–Kier alpha value is -2.16. The van der Waals surface area contributed by atoms with E-state index in [9.17, 15) is 13.2 Å². The average Bonchev–Trinajstić information content (AvgIpc) is 3.14. The van der Waals surface area contributed by atoms with Crippen LogP contribution in [0.2, 0.25) is 0 Å². The molecule has 142 valence electrons. The van der Waals surface area contributed by atoms with E-state index in [2.05, 4.69) is 15.3 Å². The highest BCUT2D eigenvalue weighted by Gasteiger charge is 2.39. The number of fused-ring (bicyclic) bond motifs is 3. The van der Waals surface area contributed by atoms with Gasteiger partial charge in [-0.3, -0.25) is 4.79 Å². The molecule has 0 unspecified atom stereocenters. The molecule has 0 amide bonds. The summed E-state index contributed by atoms with van der Waals surface area (Å²) in [5.41, 5.74) is 0.901. The molecule has 1 aliphatic carbocycles. The molecule has 3 heterocycles. The largest absolute Gasteiger partial charge is 0.357 e. The van der Waals surface area contributed by atoms with Crippen LogP contribution in [0, 0.1) is 0 Å². The number of sulfonamides is 1. The molecule has 0 radical (unpaired) electrons. The lowest BCUT2D eigenvalue weighted by Gasteiger charge is -2.25. The zero-order valence-corrected chi connectivity index (χ0v) is 15.7. The molecular formula is C19H22N4O3S. The Labute approximate surface area is 156 Å². The Morgan fingerprint density at radius 3 is 2.70 bits per heavy atom. The monoisotopic (exact) mass is 386 g/mol. The second-order valence-electron chi connectivity index (χ2n) is 7.53. The van der Waals surface area contributed by atoms with E-state index < -0.39 is 10.0 Å². The average molecular weight is 386 g/mol. The Morgan fingerprint density at radius 1 is 1.11 bits per heavy atom. The number of benzene rings is 1. The fraction of sp³-hybridized carbons (Fsp3) is 0.421. The van der Waals surface area contributed by atoms with Gasteiger partial charge in [0.15, 0.2) is 0 Å². The van der Waals surface area contributed by atoms with E-state index in [0.717, 1.165) is 43.0 Å². The molecule has 0 bridgehead atoms. The molecule has 1 aliphatic heterocycles. The summed E-state index contributed by atoms with van der Waals surface area (Å²) in [5.74, 6) is 0. The topological polar surface area (TPSA) is 98.1 Å². The summed E-state index contributed by atoms with van der Waals surface area (Å²) in [4.78, 5) is 18.1. The molecule has 7 nitrogen and oxygen atoms in total. The van der Waals surface area contributed by atoms with E-state index in [4.69, 9.17) is 0 Å². The van der Waals surface area contributed by atoms with Crippen molar-refractivity contribution in [1.29, 1.82) is 0 Å². The van der Waals surface area contributed by atoms with Crippen molar-refractivity contribution in [3.05, 3.63) is 40.8 Å². The van der Waals surface area contributed by atoms with E-state index in [1.165, 1.54) is 0 Å². The number of pyridine rings is 1. The van der Waals surface area contributed by atoms with Gasteiger partial charge in [0.05, 0.1) is 4.90 Å². The lowest BCUT2D eigenvalue weighted by molar-refractivity contribution is 0.363. The normalized spacial score (nSPS) is 20.9. The molecule has 5 rings (SSSR count). The van der Waals surface area contributed by atoms with Gasteiger partial charge < -0.3 is 15.3 Å². The van der Waals surface area contributed by atoms with Gasteiger partial charge >= 0.3 is 0 Å². The number of aromatic amines is 2. The summed E-state index contributed by atoms with van der Waals surface area (Å²) >= 11 is 0. The highest BCUT2D eigenvalue weighted by Crippen LogP contribution is 2.34. The van der Waals surface area contributed by atoms with Crippen LogP contribution in [0.15, 0.2) is 40.2 Å². The fourth-order valence-corrected chi connectivity index (χ4v) is 5.81. The third kappa shape index (κ3) is 2.88. The van der Waals surface area contributed by atoms with Crippen molar-refractivity contribution >= 4 is 31.8 Å². The molecule has 2 aromatic heterocycles. The summed E-state index contributed by atoms with van der Waals surface area (Å²) in [5, 5.41) is 4.87. The van der Waals surface area contributed by atoms with Crippen LogP contribution in [0.3, 0.4) is 0 Å². The molecule has 8 heteroatoms. The molecule has 1 saturated heterocycles. The van der Waals surface area contributed by atoms with Crippen molar-refractivity contribution in [2.75, 3.05) is 13.1 Å². The molecule has 1 aromatic carbocycles. The van der Waals surface area contributed by atoms with Crippen LogP contribution in [-0.4, -0.2) is 47.9 Å². The maximum absolute atomic E-state index is 13.4. The minimum atomic E-state index is -3.59. The van der Waals surface area contributed by atoms with Gasteiger partial charge in [0.1, 0.15) is 5.52 Å². The van der Waals surface area contributed by atoms with Crippen LogP contribution in [0.5, 0.6) is 0 Å². The number of rotatable bonds is 5. The fourth-order valence-electron chi connectivity index (χ4n) is 4.05. The predicted octanol–water partition coefficient (Wildman–Crippen LogP) is 1.91. The number of H-pyrrole nitrogens is 2. The van der Waals surface area contributed by atoms with Crippen LogP contribution in [0.4, 0.5) is 0 Å². The Kier molecular flexibility index (Phi) is 3.89. The second kappa shape index (κ2) is 6.19. The van der Waals surface area contributed by atoms with Gasteiger partial charge in [0, 0.05) is 41.1 Å². The smallest absolute Gasteiger partial charge is 0.272 e. The molecule has 2 fully saturated rings. The van der Waals surface area contributed by atoms with Crippen LogP contribution >= 0.6 is 0 Å². The van der Waals surface area contributed by atoms with Gasteiger partial charge in [-0.05, 0) is 56.5 Å². The SMILES string of the molecule is O=c1[nH]c2ccc(S(=O)(=O)N(C[C@@H]3CCCN3)C3CC3)cc2c2cc[nH]c12. The number of hydrogen-bond donors (Lipinski definition) is 3. The van der Waals surface area contributed by atoms with Crippen molar-refractivity contribution in [2.24, 2.45) is 0 Å². The van der Waals surface area contributed by atoms with Gasteiger partial charge in [-0.25, -0.2) is 8.42 Å². The molecule has 3 aromatic rings. The zero-order valence-electron chi connectivity index (χ0n) is 14.9. The molecule has 1 atom stereocenters. The maximum Gasteiger partial charge on any atom is 0.272 e. The minimum Gasteiger partial charge on any atom is -0.357 e. The van der Waals surface area contributed by atoms with Crippen molar-refractivity contribution in [3.8, 4) is 0 Å². The first kappa shape index (κ1) is 17.0. The zero-order chi connectivity index (χ0) is 18.6. The molecular weight excluding hydrogens is 364 g/mol. The predicted molar refractivity (Wildman–Crippen MR) is 104 cm³/mol. The molecule has 0 spiro atoms. The van der Waals surface area contributed by atoms with Gasteiger partial charge in [0.2, 0.25) is 10.0 Å². The number of hydrogen-bond acceptors (Lipinski definition) is 4. The van der Waals surface area contributed by atoms with E-state index in [1.54, 1.807) is 28.7 Å². The van der Waals surface area contributed by atoms with E-state index in [1.807, 2.05) is 6.07 Å². The summed E-state index contributed by atoms with van der Waals surface area (Å²) in [6, 6.07) is 7.13. The van der Waals surface area contributed by atoms with Crippen LogP contribution in [0.1, 0.15) is 25.7 Å². The summed E-state index contributed by atoms with van der Waals surface area (Å²) in [6.45, 7) is 1.48. The lowest BCUT2D eigenvalue weighted by Crippen LogP contribution is -2.42. The molecule has 3 N–H and O–H groups in total. The standard InChI is InChI=1S/C19H22N4O3S/c24-19-18-15(7-9-21-18)16-10-14(5-6-17(16)22-19)27(25,26)23(13-3-4-13)11-12-2-1-8-20-12/h5-7,9-10,12-13,20-21H,1-4,8,11H2,(H,22,24)/t12-/m0/s1. The van der Waals surface area contributed by atoms with Crippen molar-refractivity contribution in [3.63, 3.8) is 0 Å². The minimum absolute atomic E-state index is 0.107. The Morgan fingerprint density at radius 2 is 1.96 bits per heavy atom. The second-order valence-corrected chi connectivity index (χ2v) is 9.42. The van der Waals surface area contributed by atoms with Crippen LogP contribution in [0.25, 0.3) is 21.8 Å². The van der Waals surface area contributed by atoms with E-state index >= 15 is 0 Å². The van der Waals surface area contributed by atoms with Crippen molar-refractivity contribution in [1.82, 2.24) is 19.6 Å². The first-order valence-corrected chi connectivity index (χ1v) is 10.9. The highest BCUT2D eigenvalue weighted by atomic mass is 32.2. The number of nitrogens with one attached hydrogen (secondary N) is 3. The van der Waals surface area contributed by atoms with Crippen LogP contribution in [-0.2, 0) is 10.0 Å². The molecule has 1 saturated carbocycles. The van der Waals surface area contributed by atoms with E-state index in [-0.39, 0.29) is 22.5 Å². The van der Waals surface area contributed by atoms with Gasteiger partial charge in [-0.15, -0.1) is 0 Å². The number of aromatic nitrogens is 2. The van der Waals surface area contributed by atoms with Crippen LogP contribution < -0.4 is 10.9 Å². The highest BCUT2D eigenvalue weighted by molar-refractivity contribution is 7.89. The van der Waals surface area contributed by atoms with Gasteiger partial charge in [0.25, 0.3) is 5.56 Å². The summed E-state index contributed by atoms with van der Waals surface area (Å²) < 4.78 is 28.5. The third-order valence-corrected chi connectivity index (χ3v) is 7.54. The molecule has 27 heavy (non-hydrogen) atoms. The first-order valence-electron chi connectivity index (χ1n) is 9.42. The Balaban J connectivity index is 1.60. The van der Waals surface area contributed by atoms with Gasteiger partial charge in [-0.2, -0.15) is 4.31 Å². The van der Waals surface area contributed by atoms with E-state index in [0.29, 0.717) is 17.6 Å². The maximum atomic E-state index is 13.4. The summed E-state index contributed by atoms with van der Waals surface area (Å²) in [7, 11) is -3.59. The lowest BCUT2D eigenvalue weighted by atomic mass is 10.1. The summed E-state index contributed by atoms with van der Waals surface area (Å²) in [6.07, 6.45) is 5.66. The number of nitrogens with zero attached hydrogens (tertiary/aromatic N) is 1. The quantitative estimate of drug-likeness (QED) is 0.624. The van der Waals surface area contributed by atoms with Crippen molar-refractivity contribution < 1.29 is 8.42 Å². The Bertz CT molecular complexity index is 1170. The molecule has 2 aliphatic rings.